The van der Waals surface area contributed by atoms with Crippen LogP contribution in [0.15, 0.2) is 36.5 Å². The highest BCUT2D eigenvalue weighted by atomic mass is 16.5. The molecule has 2 rings (SSSR count). The molecule has 0 aliphatic heterocycles. The first-order valence-corrected chi connectivity index (χ1v) is 5.38. The number of Topliss-reactive ketones (excluding diaryl/α,β-unsaturated/α-hetero) is 1. The van der Waals surface area contributed by atoms with Gasteiger partial charge in [0, 0.05) is 18.2 Å². The largest absolute Gasteiger partial charge is 0.469 e. The van der Waals surface area contributed by atoms with E-state index in [1.54, 1.807) is 30.1 Å². The summed E-state index contributed by atoms with van der Waals surface area (Å²) in [6, 6.07) is 9.11. The van der Waals surface area contributed by atoms with E-state index in [9.17, 15) is 4.79 Å². The number of nitrogens with zero attached hydrogens (tertiary/aromatic N) is 2. The van der Waals surface area contributed by atoms with E-state index < -0.39 is 0 Å². The summed E-state index contributed by atoms with van der Waals surface area (Å²) in [4.78, 5) is 11.8. The molecule has 0 atom stereocenters. The lowest BCUT2D eigenvalue weighted by Crippen LogP contribution is -2.13. The summed E-state index contributed by atoms with van der Waals surface area (Å²) in [6.45, 7) is 1.93. The molecule has 2 aromatic rings. The number of benzene rings is 1. The first-order valence-electron chi connectivity index (χ1n) is 5.38. The van der Waals surface area contributed by atoms with Crippen LogP contribution >= 0.6 is 0 Å². The van der Waals surface area contributed by atoms with Gasteiger partial charge in [-0.1, -0.05) is 30.3 Å². The third-order valence-corrected chi connectivity index (χ3v) is 2.49. The van der Waals surface area contributed by atoms with Gasteiger partial charge in [-0.2, -0.15) is 5.10 Å². The molecule has 88 valence electrons. The highest BCUT2D eigenvalue weighted by Crippen LogP contribution is 2.15. The maximum atomic E-state index is 11.8. The lowest BCUT2D eigenvalue weighted by atomic mass is 10.1. The Kier molecular flexibility index (Phi) is 3.23. The predicted molar refractivity (Wildman–Crippen MR) is 64.2 cm³/mol. The molecule has 0 spiro atoms. The Morgan fingerprint density at radius 2 is 2.06 bits per heavy atom. The Balaban J connectivity index is 2.02. The Bertz CT molecular complexity index is 498. The van der Waals surface area contributed by atoms with Crippen molar-refractivity contribution in [3.05, 3.63) is 47.7 Å². The minimum absolute atomic E-state index is 0.0321. The van der Waals surface area contributed by atoms with Gasteiger partial charge in [-0.3, -0.25) is 4.79 Å². The third-order valence-electron chi connectivity index (χ3n) is 2.49. The summed E-state index contributed by atoms with van der Waals surface area (Å²) in [5, 5.41) is 4.05. The van der Waals surface area contributed by atoms with E-state index in [-0.39, 0.29) is 12.4 Å². The Morgan fingerprint density at radius 1 is 1.35 bits per heavy atom. The molecule has 0 N–H and O–H groups in total. The molecular weight excluding hydrogens is 216 g/mol. The molecule has 0 aliphatic carbocycles. The number of ketones is 1. The molecule has 0 bridgehead atoms. The van der Waals surface area contributed by atoms with E-state index in [0.29, 0.717) is 11.4 Å². The predicted octanol–water partition coefficient (Wildman–Crippen LogP) is 1.99. The van der Waals surface area contributed by atoms with E-state index in [1.807, 2.05) is 25.1 Å². The van der Waals surface area contributed by atoms with Gasteiger partial charge in [0.15, 0.2) is 12.4 Å². The molecule has 0 unspecified atom stereocenters. The van der Waals surface area contributed by atoms with Gasteiger partial charge in [-0.15, -0.1) is 0 Å². The molecule has 0 amide bonds. The summed E-state index contributed by atoms with van der Waals surface area (Å²) in [6.07, 6.45) is 1.71. The highest BCUT2D eigenvalue weighted by molar-refractivity contribution is 5.97. The van der Waals surface area contributed by atoms with E-state index in [2.05, 4.69) is 5.10 Å². The van der Waals surface area contributed by atoms with E-state index in [0.717, 1.165) is 5.56 Å². The monoisotopic (exact) mass is 230 g/mol. The van der Waals surface area contributed by atoms with Gasteiger partial charge in [0.1, 0.15) is 0 Å². The summed E-state index contributed by atoms with van der Waals surface area (Å²) >= 11 is 0. The molecule has 17 heavy (non-hydrogen) atoms. The summed E-state index contributed by atoms with van der Waals surface area (Å²) in [5.74, 6) is 0.598. The SMILES string of the molecule is Cc1cnn(C)c1OCC(=O)c1ccccc1. The number of carbonyl (C=O) groups is 1. The molecule has 1 aromatic heterocycles. The van der Waals surface area contributed by atoms with Crippen molar-refractivity contribution in [2.45, 2.75) is 6.92 Å². The second kappa shape index (κ2) is 4.82. The zero-order valence-corrected chi connectivity index (χ0v) is 9.88. The van der Waals surface area contributed by atoms with Gasteiger partial charge in [0.05, 0.1) is 6.20 Å². The molecule has 0 aliphatic rings. The van der Waals surface area contributed by atoms with Gasteiger partial charge >= 0.3 is 0 Å². The van der Waals surface area contributed by atoms with Crippen LogP contribution in [0.3, 0.4) is 0 Å². The van der Waals surface area contributed by atoms with Gasteiger partial charge in [0.2, 0.25) is 5.88 Å². The first-order chi connectivity index (χ1) is 8.18. The van der Waals surface area contributed by atoms with Crippen molar-refractivity contribution in [3.63, 3.8) is 0 Å². The van der Waals surface area contributed by atoms with Gasteiger partial charge in [-0.05, 0) is 6.92 Å². The number of rotatable bonds is 4. The molecule has 1 aromatic carbocycles. The zero-order chi connectivity index (χ0) is 12.3. The van der Waals surface area contributed by atoms with Crippen molar-refractivity contribution in [2.75, 3.05) is 6.61 Å². The van der Waals surface area contributed by atoms with E-state index in [1.165, 1.54) is 0 Å². The molecule has 4 nitrogen and oxygen atoms in total. The van der Waals surface area contributed by atoms with E-state index >= 15 is 0 Å². The summed E-state index contributed by atoms with van der Waals surface area (Å²) in [5.41, 5.74) is 1.58. The Morgan fingerprint density at radius 3 is 2.65 bits per heavy atom. The Hall–Kier alpha value is -2.10. The zero-order valence-electron chi connectivity index (χ0n) is 9.88. The van der Waals surface area contributed by atoms with Crippen LogP contribution in [0.1, 0.15) is 15.9 Å². The fourth-order valence-corrected chi connectivity index (χ4v) is 1.58. The van der Waals surface area contributed by atoms with Crippen LogP contribution in [0.2, 0.25) is 0 Å². The van der Waals surface area contributed by atoms with Gasteiger partial charge in [-0.25, -0.2) is 4.68 Å². The summed E-state index contributed by atoms with van der Waals surface area (Å²) in [7, 11) is 1.79. The minimum Gasteiger partial charge on any atom is -0.469 e. The van der Waals surface area contributed by atoms with Crippen LogP contribution in [0.5, 0.6) is 5.88 Å². The maximum absolute atomic E-state index is 11.8. The van der Waals surface area contributed by atoms with Gasteiger partial charge in [0.25, 0.3) is 0 Å². The van der Waals surface area contributed by atoms with Crippen LogP contribution < -0.4 is 4.74 Å². The number of hydrogen-bond acceptors (Lipinski definition) is 3. The van der Waals surface area contributed by atoms with Crippen molar-refractivity contribution in [1.29, 1.82) is 0 Å². The second-order valence-corrected chi connectivity index (χ2v) is 3.83. The molecule has 0 radical (unpaired) electrons. The van der Waals surface area contributed by atoms with Crippen LogP contribution in [-0.2, 0) is 7.05 Å². The van der Waals surface area contributed by atoms with Crippen molar-refractivity contribution in [2.24, 2.45) is 7.05 Å². The van der Waals surface area contributed by atoms with Crippen molar-refractivity contribution >= 4 is 5.78 Å². The second-order valence-electron chi connectivity index (χ2n) is 3.83. The quantitative estimate of drug-likeness (QED) is 0.754. The number of aromatic nitrogens is 2. The lowest BCUT2D eigenvalue weighted by Gasteiger charge is -2.06. The molecule has 4 heteroatoms. The standard InChI is InChI=1S/C13H14N2O2/c1-10-8-14-15(2)13(10)17-9-12(16)11-6-4-3-5-7-11/h3-8H,9H2,1-2H3. The van der Waals surface area contributed by atoms with Crippen LogP contribution in [0, 0.1) is 6.92 Å². The number of ether oxygens (including phenoxy) is 1. The average Bonchev–Trinajstić information content (AvgIpc) is 2.67. The number of carbonyl (C=O) groups excluding carboxylic acids is 1. The van der Waals surface area contributed by atoms with Crippen LogP contribution in [0.4, 0.5) is 0 Å². The normalized spacial score (nSPS) is 10.2. The lowest BCUT2D eigenvalue weighted by molar-refractivity contribution is 0.0914. The number of aryl methyl sites for hydroxylation is 2. The molecular formula is C13H14N2O2. The highest BCUT2D eigenvalue weighted by Gasteiger charge is 2.10. The molecule has 1 heterocycles. The fraction of sp³-hybridized carbons (Fsp3) is 0.231. The minimum atomic E-state index is -0.0359. The fourth-order valence-electron chi connectivity index (χ4n) is 1.58. The summed E-state index contributed by atoms with van der Waals surface area (Å²) < 4.78 is 7.09. The molecule has 0 saturated heterocycles. The first kappa shape index (κ1) is 11.4. The smallest absolute Gasteiger partial charge is 0.214 e. The molecule has 0 saturated carbocycles. The molecule has 0 fully saturated rings. The van der Waals surface area contributed by atoms with Crippen molar-refractivity contribution in [3.8, 4) is 5.88 Å². The Labute approximate surface area is 99.8 Å². The van der Waals surface area contributed by atoms with Crippen molar-refractivity contribution < 1.29 is 9.53 Å². The maximum Gasteiger partial charge on any atom is 0.214 e. The average molecular weight is 230 g/mol. The van der Waals surface area contributed by atoms with Crippen LogP contribution in [-0.4, -0.2) is 22.2 Å². The van der Waals surface area contributed by atoms with Crippen LogP contribution in [0.25, 0.3) is 0 Å². The van der Waals surface area contributed by atoms with Gasteiger partial charge < -0.3 is 4.74 Å². The topological polar surface area (TPSA) is 44.1 Å². The third kappa shape index (κ3) is 2.53. The van der Waals surface area contributed by atoms with Crippen molar-refractivity contribution in [1.82, 2.24) is 9.78 Å². The van der Waals surface area contributed by atoms with E-state index in [4.69, 9.17) is 4.74 Å². The number of hydrogen-bond donors (Lipinski definition) is 0.